The van der Waals surface area contributed by atoms with Gasteiger partial charge in [0, 0.05) is 18.8 Å². The standard InChI is InChI=1S/C21H24N2O4/c1-15-5-9-17(10-6-15)22-20(24)14-23(2)21(25)12-8-16-7-11-18(26-3)19(13-16)27-4/h5-13H,14H2,1-4H3,(H,22,24)/b12-8+. The fourth-order valence-corrected chi connectivity index (χ4v) is 2.38. The molecule has 0 aliphatic carbocycles. The van der Waals surface area contributed by atoms with Gasteiger partial charge in [-0.3, -0.25) is 9.59 Å². The normalized spacial score (nSPS) is 10.5. The smallest absolute Gasteiger partial charge is 0.246 e. The maximum Gasteiger partial charge on any atom is 0.246 e. The van der Waals surface area contributed by atoms with E-state index in [4.69, 9.17) is 9.47 Å². The highest BCUT2D eigenvalue weighted by Gasteiger charge is 2.11. The van der Waals surface area contributed by atoms with E-state index in [-0.39, 0.29) is 18.4 Å². The first-order chi connectivity index (χ1) is 12.9. The first-order valence-corrected chi connectivity index (χ1v) is 8.44. The van der Waals surface area contributed by atoms with Gasteiger partial charge >= 0.3 is 0 Å². The predicted molar refractivity (Wildman–Crippen MR) is 106 cm³/mol. The number of hydrogen-bond donors (Lipinski definition) is 1. The molecule has 0 spiro atoms. The van der Waals surface area contributed by atoms with Crippen molar-refractivity contribution in [1.82, 2.24) is 4.90 Å². The molecular formula is C21H24N2O4. The minimum absolute atomic E-state index is 0.0387. The van der Waals surface area contributed by atoms with Gasteiger partial charge in [-0.1, -0.05) is 23.8 Å². The van der Waals surface area contributed by atoms with E-state index in [9.17, 15) is 9.59 Å². The number of rotatable bonds is 7. The van der Waals surface area contributed by atoms with Crippen LogP contribution in [-0.2, 0) is 9.59 Å². The monoisotopic (exact) mass is 368 g/mol. The average Bonchev–Trinajstić information content (AvgIpc) is 2.67. The number of anilines is 1. The highest BCUT2D eigenvalue weighted by atomic mass is 16.5. The van der Waals surface area contributed by atoms with Crippen molar-refractivity contribution in [1.29, 1.82) is 0 Å². The Hall–Kier alpha value is -3.28. The van der Waals surface area contributed by atoms with Crippen molar-refractivity contribution in [3.05, 3.63) is 59.7 Å². The topological polar surface area (TPSA) is 67.9 Å². The van der Waals surface area contributed by atoms with Crippen LogP contribution >= 0.6 is 0 Å². The Labute approximate surface area is 159 Å². The number of amides is 2. The van der Waals surface area contributed by atoms with E-state index in [2.05, 4.69) is 5.32 Å². The zero-order valence-corrected chi connectivity index (χ0v) is 16.0. The third kappa shape index (κ3) is 5.88. The van der Waals surface area contributed by atoms with E-state index in [1.807, 2.05) is 37.3 Å². The van der Waals surface area contributed by atoms with Crippen LogP contribution < -0.4 is 14.8 Å². The Morgan fingerprint density at radius 2 is 1.70 bits per heavy atom. The van der Waals surface area contributed by atoms with Crippen molar-refractivity contribution in [3.63, 3.8) is 0 Å². The minimum Gasteiger partial charge on any atom is -0.493 e. The number of benzene rings is 2. The minimum atomic E-state index is -0.274. The van der Waals surface area contributed by atoms with E-state index < -0.39 is 0 Å². The molecule has 0 radical (unpaired) electrons. The summed E-state index contributed by atoms with van der Waals surface area (Å²) in [6.07, 6.45) is 3.08. The molecule has 0 aromatic heterocycles. The van der Waals surface area contributed by atoms with Gasteiger partial charge in [-0.15, -0.1) is 0 Å². The largest absolute Gasteiger partial charge is 0.493 e. The average molecular weight is 368 g/mol. The summed E-state index contributed by atoms with van der Waals surface area (Å²) in [4.78, 5) is 25.7. The molecule has 2 amide bonds. The van der Waals surface area contributed by atoms with Crippen LogP contribution in [0.25, 0.3) is 6.08 Å². The Morgan fingerprint density at radius 1 is 1.04 bits per heavy atom. The van der Waals surface area contributed by atoms with Crippen LogP contribution in [0.2, 0.25) is 0 Å². The molecule has 0 unspecified atom stereocenters. The molecule has 0 saturated heterocycles. The fraction of sp³-hybridized carbons (Fsp3) is 0.238. The highest BCUT2D eigenvalue weighted by molar-refractivity contribution is 5.97. The number of carbonyl (C=O) groups excluding carboxylic acids is 2. The van der Waals surface area contributed by atoms with Gasteiger partial charge in [0.25, 0.3) is 0 Å². The first kappa shape index (κ1) is 20.0. The van der Waals surface area contributed by atoms with Gasteiger partial charge in [0.2, 0.25) is 11.8 Å². The van der Waals surface area contributed by atoms with Crippen LogP contribution in [0, 0.1) is 6.92 Å². The summed E-state index contributed by atoms with van der Waals surface area (Å²) in [6, 6.07) is 12.8. The lowest BCUT2D eigenvalue weighted by molar-refractivity contribution is -0.129. The van der Waals surface area contributed by atoms with Crippen molar-refractivity contribution in [2.24, 2.45) is 0 Å². The summed E-state index contributed by atoms with van der Waals surface area (Å²) in [6.45, 7) is 1.94. The van der Waals surface area contributed by atoms with E-state index >= 15 is 0 Å². The molecule has 0 aliphatic heterocycles. The summed E-state index contributed by atoms with van der Waals surface area (Å²) in [5.74, 6) is 0.668. The number of nitrogens with one attached hydrogen (secondary N) is 1. The zero-order valence-electron chi connectivity index (χ0n) is 16.0. The second kappa shape index (κ2) is 9.43. The second-order valence-corrected chi connectivity index (χ2v) is 6.06. The Balaban J connectivity index is 1.93. The molecule has 6 heteroatoms. The van der Waals surface area contributed by atoms with E-state index in [0.717, 1.165) is 11.1 Å². The van der Waals surface area contributed by atoms with Gasteiger partial charge in [-0.05, 0) is 42.8 Å². The lowest BCUT2D eigenvalue weighted by Gasteiger charge is -2.15. The Bertz CT molecular complexity index is 829. The maximum atomic E-state index is 12.2. The molecule has 0 heterocycles. The number of likely N-dealkylation sites (N-methyl/N-ethyl adjacent to an activating group) is 1. The summed E-state index contributed by atoms with van der Waals surface area (Å²) in [5, 5.41) is 2.77. The first-order valence-electron chi connectivity index (χ1n) is 8.44. The van der Waals surface area contributed by atoms with Gasteiger partial charge in [0.15, 0.2) is 11.5 Å². The SMILES string of the molecule is COc1ccc(/C=C/C(=O)N(C)CC(=O)Nc2ccc(C)cc2)cc1OC. The van der Waals surface area contributed by atoms with Gasteiger partial charge in [0.05, 0.1) is 20.8 Å². The number of nitrogens with zero attached hydrogens (tertiary/aromatic N) is 1. The van der Waals surface area contributed by atoms with Crippen LogP contribution in [0.4, 0.5) is 5.69 Å². The Kier molecular flexibility index (Phi) is 7.00. The molecule has 0 fully saturated rings. The molecule has 2 aromatic carbocycles. The summed E-state index contributed by atoms with van der Waals surface area (Å²) in [7, 11) is 4.69. The molecule has 27 heavy (non-hydrogen) atoms. The van der Waals surface area contributed by atoms with Crippen LogP contribution in [0.5, 0.6) is 11.5 Å². The van der Waals surface area contributed by atoms with Crippen LogP contribution in [0.3, 0.4) is 0 Å². The number of carbonyl (C=O) groups is 2. The summed E-state index contributed by atoms with van der Waals surface area (Å²) >= 11 is 0. The molecule has 142 valence electrons. The van der Waals surface area contributed by atoms with Crippen molar-refractivity contribution < 1.29 is 19.1 Å². The third-order valence-corrected chi connectivity index (χ3v) is 3.92. The second-order valence-electron chi connectivity index (χ2n) is 6.06. The maximum absolute atomic E-state index is 12.2. The lowest BCUT2D eigenvalue weighted by Crippen LogP contribution is -2.33. The van der Waals surface area contributed by atoms with Gasteiger partial charge in [0.1, 0.15) is 0 Å². The molecular weight excluding hydrogens is 344 g/mol. The van der Waals surface area contributed by atoms with Crippen LogP contribution in [-0.4, -0.2) is 44.5 Å². The van der Waals surface area contributed by atoms with Crippen molar-refractivity contribution >= 4 is 23.6 Å². The zero-order chi connectivity index (χ0) is 19.8. The molecule has 1 N–H and O–H groups in total. The highest BCUT2D eigenvalue weighted by Crippen LogP contribution is 2.27. The molecule has 0 bridgehead atoms. The van der Waals surface area contributed by atoms with Crippen LogP contribution in [0.15, 0.2) is 48.5 Å². The Morgan fingerprint density at radius 3 is 2.33 bits per heavy atom. The van der Waals surface area contributed by atoms with E-state index in [0.29, 0.717) is 17.2 Å². The van der Waals surface area contributed by atoms with Gasteiger partial charge in [-0.25, -0.2) is 0 Å². The van der Waals surface area contributed by atoms with E-state index in [1.54, 1.807) is 39.5 Å². The molecule has 0 atom stereocenters. The van der Waals surface area contributed by atoms with Crippen molar-refractivity contribution in [2.75, 3.05) is 33.1 Å². The third-order valence-electron chi connectivity index (χ3n) is 3.92. The van der Waals surface area contributed by atoms with Gasteiger partial charge in [-0.2, -0.15) is 0 Å². The quantitative estimate of drug-likeness (QED) is 0.763. The van der Waals surface area contributed by atoms with Gasteiger partial charge < -0.3 is 19.7 Å². The molecule has 0 aliphatic rings. The molecule has 2 rings (SSSR count). The molecule has 0 saturated carbocycles. The van der Waals surface area contributed by atoms with E-state index in [1.165, 1.54) is 11.0 Å². The van der Waals surface area contributed by atoms with Crippen LogP contribution in [0.1, 0.15) is 11.1 Å². The number of aryl methyl sites for hydroxylation is 1. The fourth-order valence-electron chi connectivity index (χ4n) is 2.38. The lowest BCUT2D eigenvalue weighted by atomic mass is 10.2. The predicted octanol–water partition coefficient (Wildman–Crippen LogP) is 3.12. The summed E-state index contributed by atoms with van der Waals surface area (Å²) < 4.78 is 10.4. The molecule has 2 aromatic rings. The number of methoxy groups -OCH3 is 2. The number of hydrogen-bond acceptors (Lipinski definition) is 4. The van der Waals surface area contributed by atoms with Crippen molar-refractivity contribution in [3.8, 4) is 11.5 Å². The van der Waals surface area contributed by atoms with Crippen molar-refractivity contribution in [2.45, 2.75) is 6.92 Å². The number of ether oxygens (including phenoxy) is 2. The molecule has 6 nitrogen and oxygen atoms in total. The summed E-state index contributed by atoms with van der Waals surface area (Å²) in [5.41, 5.74) is 2.60.